The van der Waals surface area contributed by atoms with Crippen molar-refractivity contribution in [3.8, 4) is 12.3 Å². The van der Waals surface area contributed by atoms with Crippen LogP contribution in [0, 0.1) is 19.3 Å². The molecule has 0 amide bonds. The van der Waals surface area contributed by atoms with Gasteiger partial charge in [-0.15, -0.1) is 6.42 Å². The van der Waals surface area contributed by atoms with Crippen LogP contribution in [-0.4, -0.2) is 15.6 Å². The molecule has 0 spiro atoms. The minimum absolute atomic E-state index is 0.235. The minimum atomic E-state index is -0.955. The third-order valence-corrected chi connectivity index (χ3v) is 2.53. The van der Waals surface area contributed by atoms with Gasteiger partial charge in [0, 0.05) is 10.9 Å². The van der Waals surface area contributed by atoms with Crippen LogP contribution >= 0.6 is 0 Å². The number of nitrogens with zero attached hydrogens (tertiary/aromatic N) is 1. The van der Waals surface area contributed by atoms with Gasteiger partial charge in [-0.05, 0) is 25.1 Å². The smallest absolute Gasteiger partial charge is 0.352 e. The highest BCUT2D eigenvalue weighted by Gasteiger charge is 2.13. The topological polar surface area (TPSA) is 42.2 Å². The van der Waals surface area contributed by atoms with Crippen LogP contribution in [0.25, 0.3) is 10.9 Å². The first-order valence-corrected chi connectivity index (χ1v) is 4.90. The van der Waals surface area contributed by atoms with E-state index in [1.165, 1.54) is 0 Å². The molecule has 1 aromatic carbocycles. The van der Waals surface area contributed by atoms with Crippen molar-refractivity contribution in [2.75, 3.05) is 0 Å². The van der Waals surface area contributed by atoms with Crippen LogP contribution in [-0.2, 0) is 6.54 Å². The van der Waals surface area contributed by atoms with E-state index in [9.17, 15) is 4.79 Å². The van der Waals surface area contributed by atoms with E-state index in [4.69, 9.17) is 11.5 Å². The van der Waals surface area contributed by atoms with Gasteiger partial charge in [0.05, 0.1) is 6.54 Å². The number of carbonyl (C=O) groups is 1. The quantitative estimate of drug-likeness (QED) is 0.777. The Labute approximate surface area is 93.3 Å². The molecule has 0 radical (unpaired) electrons. The lowest BCUT2D eigenvalue weighted by Gasteiger charge is -2.03. The van der Waals surface area contributed by atoms with Crippen LogP contribution < -0.4 is 0 Å². The van der Waals surface area contributed by atoms with E-state index < -0.39 is 5.97 Å². The Hall–Kier alpha value is -2.21. The van der Waals surface area contributed by atoms with E-state index in [-0.39, 0.29) is 12.2 Å². The summed E-state index contributed by atoms with van der Waals surface area (Å²) in [5.74, 6) is 1.52. The predicted octanol–water partition coefficient (Wildman–Crippen LogP) is 2.28. The molecule has 1 aromatic heterocycles. The van der Waals surface area contributed by atoms with E-state index in [0.29, 0.717) is 0 Å². The number of aryl methyl sites for hydroxylation is 1. The molecule has 80 valence electrons. The highest BCUT2D eigenvalue weighted by molar-refractivity contribution is 5.94. The first kappa shape index (κ1) is 10.3. The summed E-state index contributed by atoms with van der Waals surface area (Å²) in [6, 6.07) is 7.45. The number of aromatic nitrogens is 1. The Morgan fingerprint density at radius 2 is 2.25 bits per heavy atom. The van der Waals surface area contributed by atoms with Gasteiger partial charge in [0.2, 0.25) is 0 Å². The molecule has 0 bridgehead atoms. The van der Waals surface area contributed by atoms with Crippen molar-refractivity contribution in [3.05, 3.63) is 35.5 Å². The molecular weight excluding hydrogens is 202 g/mol. The summed E-state index contributed by atoms with van der Waals surface area (Å²) in [7, 11) is 0. The summed E-state index contributed by atoms with van der Waals surface area (Å²) < 4.78 is 1.64. The zero-order chi connectivity index (χ0) is 11.7. The van der Waals surface area contributed by atoms with Gasteiger partial charge in [-0.1, -0.05) is 17.6 Å². The number of rotatable bonds is 2. The molecular formula is C13H11NO2. The second-order valence-electron chi connectivity index (χ2n) is 3.69. The first-order valence-electron chi connectivity index (χ1n) is 4.90. The fraction of sp³-hybridized carbons (Fsp3) is 0.154. The third kappa shape index (κ3) is 1.55. The van der Waals surface area contributed by atoms with Crippen LogP contribution in [0.4, 0.5) is 0 Å². The first-order chi connectivity index (χ1) is 7.63. The molecule has 0 unspecified atom stereocenters. The second kappa shape index (κ2) is 3.74. The SMILES string of the molecule is C#CCn1c(C(=O)O)cc2cc(C)ccc21. The zero-order valence-corrected chi connectivity index (χ0v) is 8.90. The van der Waals surface area contributed by atoms with Crippen molar-refractivity contribution >= 4 is 16.9 Å². The number of carboxylic acid groups (broad SMARTS) is 1. The van der Waals surface area contributed by atoms with E-state index in [2.05, 4.69) is 5.92 Å². The fourth-order valence-electron chi connectivity index (χ4n) is 1.83. The third-order valence-electron chi connectivity index (χ3n) is 2.53. The summed E-state index contributed by atoms with van der Waals surface area (Å²) in [6.07, 6.45) is 5.25. The normalized spacial score (nSPS) is 10.2. The molecule has 3 nitrogen and oxygen atoms in total. The standard InChI is InChI=1S/C13H11NO2/c1-3-6-14-11-5-4-9(2)7-10(11)8-12(14)13(15)16/h1,4-5,7-8H,6H2,2H3,(H,15,16). The van der Waals surface area contributed by atoms with Crippen LogP contribution in [0.3, 0.4) is 0 Å². The van der Waals surface area contributed by atoms with Crippen molar-refractivity contribution < 1.29 is 9.90 Å². The summed E-state index contributed by atoms with van der Waals surface area (Å²) >= 11 is 0. The maximum atomic E-state index is 11.1. The Bertz CT molecular complexity index is 602. The summed E-state index contributed by atoms with van der Waals surface area (Å²) in [6.45, 7) is 2.24. The van der Waals surface area contributed by atoms with Crippen LogP contribution in [0.15, 0.2) is 24.3 Å². The van der Waals surface area contributed by atoms with Crippen LogP contribution in [0.5, 0.6) is 0 Å². The molecule has 2 rings (SSSR count). The zero-order valence-electron chi connectivity index (χ0n) is 8.90. The summed E-state index contributed by atoms with van der Waals surface area (Å²) in [5.41, 5.74) is 2.20. The number of benzene rings is 1. The molecule has 1 N–H and O–H groups in total. The minimum Gasteiger partial charge on any atom is -0.477 e. The number of hydrogen-bond acceptors (Lipinski definition) is 1. The molecule has 2 aromatic rings. The van der Waals surface area contributed by atoms with Crippen LogP contribution in [0.1, 0.15) is 16.1 Å². The van der Waals surface area contributed by atoms with Gasteiger partial charge >= 0.3 is 5.97 Å². The summed E-state index contributed by atoms with van der Waals surface area (Å²) in [4.78, 5) is 11.1. The van der Waals surface area contributed by atoms with Crippen molar-refractivity contribution in [2.24, 2.45) is 0 Å². The Balaban J connectivity index is 2.76. The molecule has 0 saturated heterocycles. The van der Waals surface area contributed by atoms with Gasteiger partial charge in [0.25, 0.3) is 0 Å². The average Bonchev–Trinajstić information content (AvgIpc) is 2.57. The lowest BCUT2D eigenvalue weighted by Crippen LogP contribution is -2.07. The molecule has 0 aliphatic carbocycles. The molecule has 0 atom stereocenters. The van der Waals surface area contributed by atoms with Crippen molar-refractivity contribution in [1.82, 2.24) is 4.57 Å². The van der Waals surface area contributed by atoms with Gasteiger partial charge in [-0.3, -0.25) is 0 Å². The second-order valence-corrected chi connectivity index (χ2v) is 3.69. The van der Waals surface area contributed by atoms with E-state index in [0.717, 1.165) is 16.5 Å². The van der Waals surface area contributed by atoms with Crippen molar-refractivity contribution in [3.63, 3.8) is 0 Å². The Morgan fingerprint density at radius 1 is 1.50 bits per heavy atom. The highest BCUT2D eigenvalue weighted by atomic mass is 16.4. The van der Waals surface area contributed by atoms with Gasteiger partial charge in [-0.25, -0.2) is 4.79 Å². The van der Waals surface area contributed by atoms with E-state index in [1.54, 1.807) is 10.6 Å². The number of fused-ring (bicyclic) bond motifs is 1. The molecule has 3 heteroatoms. The van der Waals surface area contributed by atoms with E-state index >= 15 is 0 Å². The number of terminal acetylenes is 1. The molecule has 16 heavy (non-hydrogen) atoms. The molecule has 0 aliphatic rings. The predicted molar refractivity (Wildman–Crippen MR) is 62.5 cm³/mol. The maximum absolute atomic E-state index is 11.1. The van der Waals surface area contributed by atoms with Crippen molar-refractivity contribution in [1.29, 1.82) is 0 Å². The largest absolute Gasteiger partial charge is 0.477 e. The van der Waals surface area contributed by atoms with Gasteiger partial charge in [0.1, 0.15) is 5.69 Å². The van der Waals surface area contributed by atoms with Crippen LogP contribution in [0.2, 0.25) is 0 Å². The number of hydrogen-bond donors (Lipinski definition) is 1. The molecule has 0 fully saturated rings. The van der Waals surface area contributed by atoms with Gasteiger partial charge in [-0.2, -0.15) is 0 Å². The summed E-state index contributed by atoms with van der Waals surface area (Å²) in [5, 5.41) is 9.98. The fourth-order valence-corrected chi connectivity index (χ4v) is 1.83. The molecule has 0 aliphatic heterocycles. The molecule has 1 heterocycles. The highest BCUT2D eigenvalue weighted by Crippen LogP contribution is 2.21. The number of carboxylic acids is 1. The Kier molecular flexibility index (Phi) is 2.41. The Morgan fingerprint density at radius 3 is 2.88 bits per heavy atom. The van der Waals surface area contributed by atoms with Crippen molar-refractivity contribution in [2.45, 2.75) is 13.5 Å². The maximum Gasteiger partial charge on any atom is 0.352 e. The monoisotopic (exact) mass is 213 g/mol. The number of aromatic carboxylic acids is 1. The molecule has 0 saturated carbocycles. The van der Waals surface area contributed by atoms with Gasteiger partial charge in [0.15, 0.2) is 0 Å². The van der Waals surface area contributed by atoms with E-state index in [1.807, 2.05) is 25.1 Å². The average molecular weight is 213 g/mol. The van der Waals surface area contributed by atoms with Gasteiger partial charge < -0.3 is 9.67 Å². The lowest BCUT2D eigenvalue weighted by atomic mass is 10.2. The lowest BCUT2D eigenvalue weighted by molar-refractivity contribution is 0.0686.